The van der Waals surface area contributed by atoms with Gasteiger partial charge in [-0.3, -0.25) is 14.4 Å². The fourth-order valence-electron chi connectivity index (χ4n) is 2.59. The number of imide groups is 1. The zero-order valence-corrected chi connectivity index (χ0v) is 16.5. The largest absolute Gasteiger partial charge is 0.375 e. The summed E-state index contributed by atoms with van der Waals surface area (Å²) < 4.78 is 14.4. The van der Waals surface area contributed by atoms with Crippen molar-refractivity contribution < 1.29 is 18.8 Å². The van der Waals surface area contributed by atoms with Crippen LogP contribution in [0.2, 0.25) is 5.02 Å². The van der Waals surface area contributed by atoms with Crippen LogP contribution in [0.5, 0.6) is 0 Å². The lowest BCUT2D eigenvalue weighted by atomic mass is 10.1. The van der Waals surface area contributed by atoms with Gasteiger partial charge < -0.3 is 10.6 Å². The molecule has 1 aromatic carbocycles. The van der Waals surface area contributed by atoms with Gasteiger partial charge in [-0.05, 0) is 31.9 Å². The Balaban J connectivity index is 2.24. The van der Waals surface area contributed by atoms with E-state index in [1.54, 1.807) is 13.8 Å². The molecule has 2 N–H and O–H groups in total. The van der Waals surface area contributed by atoms with Crippen LogP contribution in [0.4, 0.5) is 15.8 Å². The Kier molecular flexibility index (Phi) is 6.59. The van der Waals surface area contributed by atoms with Crippen LogP contribution in [-0.4, -0.2) is 30.8 Å². The molecule has 0 atom stereocenters. The number of halogens is 2. The summed E-state index contributed by atoms with van der Waals surface area (Å²) in [6, 6.07) is 2.30. The van der Waals surface area contributed by atoms with Crippen molar-refractivity contribution >= 4 is 40.7 Å². The average Bonchev–Trinajstić information content (AvgIpc) is 2.87. The van der Waals surface area contributed by atoms with Crippen LogP contribution >= 0.6 is 11.6 Å². The number of carbonyl (C=O) groups excluding carboxylic acids is 3. The van der Waals surface area contributed by atoms with Gasteiger partial charge in [0.05, 0.1) is 29.4 Å². The summed E-state index contributed by atoms with van der Waals surface area (Å²) in [7, 11) is 0. The first kappa shape index (κ1) is 20.9. The maximum absolute atomic E-state index is 14.4. The molecule has 0 bridgehead atoms. The lowest BCUT2D eigenvalue weighted by Gasteiger charge is -2.17. The summed E-state index contributed by atoms with van der Waals surface area (Å²) in [4.78, 5) is 37.4. The van der Waals surface area contributed by atoms with Crippen LogP contribution in [0.25, 0.3) is 0 Å². The molecule has 0 saturated carbocycles. The summed E-state index contributed by atoms with van der Waals surface area (Å²) in [5.74, 6) is -1.76. The number of nitrogens with one attached hydrogen (secondary N) is 2. The van der Waals surface area contributed by atoms with Crippen LogP contribution < -0.4 is 15.5 Å². The molecule has 1 aliphatic heterocycles. The fraction of sp³-hybridized carbons (Fsp3) is 0.421. The molecule has 3 amide bonds. The van der Waals surface area contributed by atoms with E-state index in [2.05, 4.69) is 10.6 Å². The molecule has 1 heterocycles. The molecular weight excluding hydrogens is 373 g/mol. The Labute approximate surface area is 162 Å². The van der Waals surface area contributed by atoms with Gasteiger partial charge in [-0.25, -0.2) is 9.29 Å². The molecule has 1 aromatic rings. The number of rotatable bonds is 6. The van der Waals surface area contributed by atoms with Crippen molar-refractivity contribution in [2.45, 2.75) is 34.1 Å². The smallest absolute Gasteiger partial charge is 0.261 e. The molecule has 8 heteroatoms. The van der Waals surface area contributed by atoms with E-state index in [9.17, 15) is 18.8 Å². The molecule has 0 unspecified atom stereocenters. The average molecular weight is 396 g/mol. The standard InChI is InChI=1S/C19H23ClFN3O3/c1-10(2)8-23-17(25)9-22-15-7-16(14(21)6-13(15)20)24-18(26)5-12(11(3)4)19(24)27/h6-7,10,22H,5,8-9H2,1-4H3,(H,23,25). The number of hydrogen-bond donors (Lipinski definition) is 2. The number of anilines is 2. The number of hydrogen-bond acceptors (Lipinski definition) is 4. The molecule has 1 aliphatic rings. The van der Waals surface area contributed by atoms with E-state index in [1.807, 2.05) is 13.8 Å². The molecule has 0 radical (unpaired) electrons. The second-order valence-electron chi connectivity index (χ2n) is 7.02. The molecule has 2 rings (SSSR count). The molecule has 0 aliphatic carbocycles. The first-order chi connectivity index (χ1) is 12.6. The second-order valence-corrected chi connectivity index (χ2v) is 7.43. The van der Waals surface area contributed by atoms with E-state index in [1.165, 1.54) is 6.07 Å². The second kappa shape index (κ2) is 8.52. The van der Waals surface area contributed by atoms with Crippen molar-refractivity contribution in [3.05, 3.63) is 34.1 Å². The Morgan fingerprint density at radius 1 is 1.30 bits per heavy atom. The van der Waals surface area contributed by atoms with E-state index >= 15 is 0 Å². The van der Waals surface area contributed by atoms with Crippen LogP contribution in [0.15, 0.2) is 23.3 Å². The van der Waals surface area contributed by atoms with E-state index in [0.717, 1.165) is 11.0 Å². The van der Waals surface area contributed by atoms with Gasteiger partial charge in [-0.1, -0.05) is 31.0 Å². The summed E-state index contributed by atoms with van der Waals surface area (Å²) in [6.45, 7) is 7.86. The lowest BCUT2D eigenvalue weighted by Crippen LogP contribution is -2.33. The third-order valence-corrected chi connectivity index (χ3v) is 4.38. The van der Waals surface area contributed by atoms with Crippen molar-refractivity contribution in [2.75, 3.05) is 23.3 Å². The van der Waals surface area contributed by atoms with Gasteiger partial charge in [-0.2, -0.15) is 0 Å². The van der Waals surface area contributed by atoms with Crippen LogP contribution in [-0.2, 0) is 14.4 Å². The SMILES string of the molecule is CC(C)=C1CC(=O)N(c2cc(NCC(=O)NCC(C)C)c(Cl)cc2F)C1=O. The van der Waals surface area contributed by atoms with Crippen LogP contribution in [0.1, 0.15) is 34.1 Å². The van der Waals surface area contributed by atoms with Gasteiger partial charge >= 0.3 is 0 Å². The minimum absolute atomic E-state index is 0.0504. The predicted octanol–water partition coefficient (Wildman–Crippen LogP) is 3.26. The molecule has 146 valence electrons. The number of amides is 3. The number of nitrogens with zero attached hydrogens (tertiary/aromatic N) is 1. The molecular formula is C19H23ClFN3O3. The number of carbonyl (C=O) groups is 3. The third kappa shape index (κ3) is 4.86. The van der Waals surface area contributed by atoms with E-state index in [4.69, 9.17) is 11.6 Å². The van der Waals surface area contributed by atoms with E-state index in [-0.39, 0.29) is 35.3 Å². The van der Waals surface area contributed by atoms with E-state index in [0.29, 0.717) is 23.6 Å². The highest BCUT2D eigenvalue weighted by Crippen LogP contribution is 2.35. The Morgan fingerprint density at radius 2 is 1.96 bits per heavy atom. The van der Waals surface area contributed by atoms with Crippen molar-refractivity contribution in [2.24, 2.45) is 5.92 Å². The normalized spacial score (nSPS) is 14.2. The van der Waals surface area contributed by atoms with Gasteiger partial charge in [0.25, 0.3) is 5.91 Å². The van der Waals surface area contributed by atoms with Crippen LogP contribution in [0.3, 0.4) is 0 Å². The summed E-state index contributed by atoms with van der Waals surface area (Å²) in [5.41, 5.74) is 1.15. The number of allylic oxidation sites excluding steroid dienone is 1. The molecule has 1 saturated heterocycles. The van der Waals surface area contributed by atoms with Gasteiger partial charge in [0.1, 0.15) is 5.82 Å². The third-order valence-electron chi connectivity index (χ3n) is 4.07. The Hall–Kier alpha value is -2.41. The molecule has 1 fully saturated rings. The predicted molar refractivity (Wildman–Crippen MR) is 103 cm³/mol. The zero-order valence-electron chi connectivity index (χ0n) is 15.8. The highest BCUT2D eigenvalue weighted by molar-refractivity contribution is 6.34. The van der Waals surface area contributed by atoms with Crippen molar-refractivity contribution in [1.29, 1.82) is 0 Å². The minimum Gasteiger partial charge on any atom is -0.375 e. The lowest BCUT2D eigenvalue weighted by molar-refractivity contribution is -0.121. The van der Waals surface area contributed by atoms with Gasteiger partial charge in [-0.15, -0.1) is 0 Å². The summed E-state index contributed by atoms with van der Waals surface area (Å²) in [6.07, 6.45) is -0.0659. The van der Waals surface area contributed by atoms with Gasteiger partial charge in [0.15, 0.2) is 0 Å². The Bertz CT molecular complexity index is 817. The zero-order chi connectivity index (χ0) is 20.3. The Morgan fingerprint density at radius 3 is 2.52 bits per heavy atom. The topological polar surface area (TPSA) is 78.5 Å². The number of benzene rings is 1. The van der Waals surface area contributed by atoms with Gasteiger partial charge in [0, 0.05) is 12.1 Å². The quantitative estimate of drug-likeness (QED) is 0.572. The molecule has 27 heavy (non-hydrogen) atoms. The first-order valence-electron chi connectivity index (χ1n) is 8.65. The molecule has 0 spiro atoms. The summed E-state index contributed by atoms with van der Waals surface area (Å²) >= 11 is 6.04. The minimum atomic E-state index is -0.786. The van der Waals surface area contributed by atoms with Gasteiger partial charge in [0.2, 0.25) is 11.8 Å². The van der Waals surface area contributed by atoms with Crippen molar-refractivity contribution in [3.63, 3.8) is 0 Å². The molecule has 0 aromatic heterocycles. The van der Waals surface area contributed by atoms with Crippen LogP contribution in [0, 0.1) is 11.7 Å². The van der Waals surface area contributed by atoms with E-state index < -0.39 is 17.6 Å². The summed E-state index contributed by atoms with van der Waals surface area (Å²) in [5, 5.41) is 5.61. The maximum Gasteiger partial charge on any atom is 0.261 e. The highest BCUT2D eigenvalue weighted by atomic mass is 35.5. The highest BCUT2D eigenvalue weighted by Gasteiger charge is 2.37. The first-order valence-corrected chi connectivity index (χ1v) is 9.02. The van der Waals surface area contributed by atoms with Crippen molar-refractivity contribution in [1.82, 2.24) is 5.32 Å². The van der Waals surface area contributed by atoms with Crippen molar-refractivity contribution in [3.8, 4) is 0 Å². The molecule has 6 nitrogen and oxygen atoms in total. The fourth-order valence-corrected chi connectivity index (χ4v) is 2.81. The monoisotopic (exact) mass is 395 g/mol. The maximum atomic E-state index is 14.4.